The van der Waals surface area contributed by atoms with Crippen molar-refractivity contribution in [3.63, 3.8) is 0 Å². The van der Waals surface area contributed by atoms with Crippen molar-refractivity contribution in [3.8, 4) is 5.75 Å². The van der Waals surface area contributed by atoms with Gasteiger partial charge in [0.05, 0.1) is 25.4 Å². The van der Waals surface area contributed by atoms with Crippen LogP contribution in [0.1, 0.15) is 121 Å². The zero-order valence-corrected chi connectivity index (χ0v) is 31.5. The Morgan fingerprint density at radius 2 is 1.47 bits per heavy atom. The summed E-state index contributed by atoms with van der Waals surface area (Å²) < 4.78 is 48.7. The molecule has 0 aliphatic carbocycles. The maximum Gasteiger partial charge on any atom is 0.530 e. The molecule has 0 amide bonds. The van der Waals surface area contributed by atoms with Gasteiger partial charge in [0.25, 0.3) is 5.56 Å². The number of ether oxygens (including phenoxy) is 3. The molecule has 2 aromatic rings. The largest absolute Gasteiger partial charge is 0.530 e. The molecule has 0 radical (unpaired) electrons. The second-order valence-corrected chi connectivity index (χ2v) is 14.4. The number of aromatic nitrogens is 2. The molecule has 49 heavy (non-hydrogen) atoms. The summed E-state index contributed by atoms with van der Waals surface area (Å²) in [6.07, 6.45) is 22.2. The molecule has 0 saturated carbocycles. The number of H-pyrrole nitrogens is 1. The molecular weight excluding hydrogens is 715 g/mol. The van der Waals surface area contributed by atoms with Gasteiger partial charge in [0.2, 0.25) is 0 Å². The van der Waals surface area contributed by atoms with E-state index in [-0.39, 0.29) is 32.0 Å². The maximum absolute atomic E-state index is 13.6. The highest BCUT2D eigenvalue weighted by Crippen LogP contribution is 2.49. The number of rotatable bonds is 28. The monoisotopic (exact) mass is 770 g/mol. The fourth-order valence-corrected chi connectivity index (χ4v) is 6.94. The first-order chi connectivity index (χ1) is 23.9. The van der Waals surface area contributed by atoms with Crippen LogP contribution in [0, 0.1) is 0 Å². The van der Waals surface area contributed by atoms with Crippen molar-refractivity contribution >= 4 is 29.8 Å². The second-order valence-electron chi connectivity index (χ2n) is 12.3. The smallest absolute Gasteiger partial charge is 0.404 e. The lowest BCUT2D eigenvalue weighted by molar-refractivity contribution is -0.0983. The van der Waals surface area contributed by atoms with Gasteiger partial charge in [-0.3, -0.25) is 23.4 Å². The van der Waals surface area contributed by atoms with Crippen molar-refractivity contribution < 1.29 is 32.3 Å². The summed E-state index contributed by atoms with van der Waals surface area (Å²) in [4.78, 5) is 28.1. The average molecular weight is 772 g/mol. The predicted octanol–water partition coefficient (Wildman–Crippen LogP) is 9.27. The van der Waals surface area contributed by atoms with Crippen LogP contribution in [-0.2, 0) is 27.8 Å². The van der Waals surface area contributed by atoms with Gasteiger partial charge in [-0.2, -0.15) is 0 Å². The number of hydrogen-bond acceptors (Lipinski definition) is 9. The van der Waals surface area contributed by atoms with Gasteiger partial charge in [-0.1, -0.05) is 137 Å². The molecule has 3 atom stereocenters. The van der Waals surface area contributed by atoms with Crippen LogP contribution in [0.2, 0.25) is 0 Å². The number of unbranched alkanes of at least 4 members (excludes halogenated alkanes) is 15. The van der Waals surface area contributed by atoms with Crippen LogP contribution in [0.4, 0.5) is 0 Å². The van der Waals surface area contributed by atoms with Crippen LogP contribution in [0.3, 0.4) is 0 Å². The van der Waals surface area contributed by atoms with Gasteiger partial charge in [0, 0.05) is 12.8 Å². The Bertz CT molecular complexity index is 1350. The quantitative estimate of drug-likeness (QED) is 0.0665. The summed E-state index contributed by atoms with van der Waals surface area (Å²) in [7, 11) is -4.08. The Labute approximate surface area is 299 Å². The molecule has 2 heterocycles. The fraction of sp³-hybridized carbons (Fsp3) is 0.667. The third-order valence-electron chi connectivity index (χ3n) is 8.23. The van der Waals surface area contributed by atoms with Gasteiger partial charge >= 0.3 is 13.5 Å². The van der Waals surface area contributed by atoms with E-state index in [4.69, 9.17) is 27.8 Å². The number of para-hydroxylation sites is 1. The maximum atomic E-state index is 13.6. The van der Waals surface area contributed by atoms with Crippen LogP contribution >= 0.6 is 23.8 Å². The van der Waals surface area contributed by atoms with Crippen LogP contribution in [0.5, 0.6) is 5.75 Å². The van der Waals surface area contributed by atoms with Crippen molar-refractivity contribution in [2.24, 2.45) is 0 Å². The van der Waals surface area contributed by atoms with E-state index in [1.165, 1.54) is 112 Å². The van der Waals surface area contributed by atoms with Gasteiger partial charge in [0.15, 0.2) is 12.5 Å². The van der Waals surface area contributed by atoms with Gasteiger partial charge in [-0.15, -0.1) is 0 Å². The fourth-order valence-electron chi connectivity index (χ4n) is 5.49. The Kier molecular flexibility index (Phi) is 21.1. The van der Waals surface area contributed by atoms with E-state index < -0.39 is 31.6 Å². The third kappa shape index (κ3) is 17.1. The highest BCUT2D eigenvalue weighted by molar-refractivity contribution is 9.11. The van der Waals surface area contributed by atoms with E-state index in [1.807, 2.05) is 6.07 Å². The molecule has 1 aromatic heterocycles. The summed E-state index contributed by atoms with van der Waals surface area (Å²) in [6, 6.07) is 8.59. The predicted molar refractivity (Wildman–Crippen MR) is 196 cm³/mol. The first-order valence-electron chi connectivity index (χ1n) is 18.0. The molecule has 1 N–H and O–H groups in total. The van der Waals surface area contributed by atoms with E-state index >= 15 is 0 Å². The van der Waals surface area contributed by atoms with E-state index in [1.54, 1.807) is 24.3 Å². The highest BCUT2D eigenvalue weighted by atomic mass is 79.9. The summed E-state index contributed by atoms with van der Waals surface area (Å²) in [5.41, 5.74) is -0.917. The number of halogens is 1. The van der Waals surface area contributed by atoms with Crippen LogP contribution in [0.25, 0.3) is 6.08 Å². The first kappa shape index (κ1) is 41.4. The van der Waals surface area contributed by atoms with Crippen LogP contribution in [-0.4, -0.2) is 48.9 Å². The van der Waals surface area contributed by atoms with Crippen molar-refractivity contribution in [2.45, 2.75) is 122 Å². The Morgan fingerprint density at radius 1 is 0.857 bits per heavy atom. The molecule has 13 heteroatoms. The Hall–Kier alpha value is -2.05. The lowest BCUT2D eigenvalue weighted by Crippen LogP contribution is -2.34. The normalized spacial score (nSPS) is 17.5. The van der Waals surface area contributed by atoms with Crippen molar-refractivity contribution in [1.82, 2.24) is 9.55 Å². The minimum Gasteiger partial charge on any atom is -0.404 e. The van der Waals surface area contributed by atoms with Gasteiger partial charge in [0.1, 0.15) is 12.4 Å². The number of nitrogens with one attached hydrogen (secondary N) is 1. The summed E-state index contributed by atoms with van der Waals surface area (Å²) in [5, 5.41) is 0. The number of phosphoric acid groups is 1. The molecule has 1 aliphatic heterocycles. The van der Waals surface area contributed by atoms with E-state index in [2.05, 4.69) is 27.8 Å². The molecule has 11 nitrogen and oxygen atoms in total. The van der Waals surface area contributed by atoms with Crippen molar-refractivity contribution in [2.75, 3.05) is 33.0 Å². The summed E-state index contributed by atoms with van der Waals surface area (Å²) in [5.74, 6) is 0.318. The lowest BCUT2D eigenvalue weighted by Gasteiger charge is -2.20. The molecular formula is C36H56BrN2O9P. The number of hydrogen-bond donors (Lipinski definition) is 1. The highest BCUT2D eigenvalue weighted by Gasteiger charge is 2.34. The van der Waals surface area contributed by atoms with Gasteiger partial charge in [-0.25, -0.2) is 9.36 Å². The number of nitrogens with zero attached hydrogens (tertiary/aromatic N) is 1. The first-order valence-corrected chi connectivity index (χ1v) is 20.4. The van der Waals surface area contributed by atoms with Crippen LogP contribution in [0.15, 0.2) is 51.1 Å². The zero-order chi connectivity index (χ0) is 35.0. The lowest BCUT2D eigenvalue weighted by atomic mass is 10.0. The van der Waals surface area contributed by atoms with Gasteiger partial charge in [-0.05, 0) is 29.6 Å². The molecule has 0 spiro atoms. The number of aromatic amines is 1. The Morgan fingerprint density at radius 3 is 2.08 bits per heavy atom. The van der Waals surface area contributed by atoms with E-state index in [0.29, 0.717) is 12.4 Å². The standard InChI is InChI=1S/C36H56BrN2O9P/c1-2-3-4-5-6-7-8-9-10-11-12-13-14-15-16-20-25-43-26-27-45-49(42,48-32-21-18-17-19-22-32)46-30-34-44-29-33(47-34)39-28-31(23-24-37)35(40)38-36(39)41/h17-19,21-24,28,33-34H,2-16,20,25-27,29-30H2,1H3,(H,38,40,41)/b24-23+/t33-,34-,49?/m0/s1. The Balaban J connectivity index is 1.28. The molecule has 1 aliphatic rings. The van der Waals surface area contributed by atoms with Crippen LogP contribution < -0.4 is 15.8 Å². The topological polar surface area (TPSA) is 127 Å². The van der Waals surface area contributed by atoms with Gasteiger partial charge < -0.3 is 18.7 Å². The molecule has 3 rings (SSSR count). The minimum absolute atomic E-state index is 0.00854. The molecule has 1 saturated heterocycles. The van der Waals surface area contributed by atoms with Crippen molar-refractivity contribution in [3.05, 3.63) is 67.9 Å². The molecule has 0 bridgehead atoms. The van der Waals surface area contributed by atoms with E-state index in [9.17, 15) is 14.2 Å². The van der Waals surface area contributed by atoms with E-state index in [0.717, 1.165) is 12.8 Å². The molecule has 276 valence electrons. The van der Waals surface area contributed by atoms with Crippen molar-refractivity contribution in [1.29, 1.82) is 0 Å². The zero-order valence-electron chi connectivity index (χ0n) is 29.1. The number of phosphoric ester groups is 1. The average Bonchev–Trinajstić information content (AvgIpc) is 3.57. The summed E-state index contributed by atoms with van der Waals surface area (Å²) in [6.45, 7) is 2.85. The molecule has 1 fully saturated rings. The second kappa shape index (κ2) is 25.0. The minimum atomic E-state index is -4.08. The summed E-state index contributed by atoms with van der Waals surface area (Å²) >= 11 is 3.13. The number of benzene rings is 1. The molecule has 1 unspecified atom stereocenters. The SMILES string of the molecule is CCCCCCCCCCCCCCCCCCOCCOP(=O)(OC[C@H]1OC[C@@H](n2cc(/C=C/Br)c(=O)[nH]c2=O)O1)Oc1ccccc1. The molecule has 1 aromatic carbocycles. The third-order valence-corrected chi connectivity index (χ3v) is 9.89.